The second-order valence-electron chi connectivity index (χ2n) is 3.40. The molecule has 58 valence electrons. The lowest BCUT2D eigenvalue weighted by Gasteiger charge is -2.17. The molecular formula is C8H15NO. The molecule has 0 aromatic rings. The molecule has 0 aliphatic heterocycles. The summed E-state index contributed by atoms with van der Waals surface area (Å²) in [5.41, 5.74) is -0.0531. The predicted octanol–water partition coefficient (Wildman–Crippen LogP) is 2.03. The number of carbonyl (C=O) groups excluding carboxylic acids is 1. The van der Waals surface area contributed by atoms with Crippen LogP contribution in [0.1, 0.15) is 34.1 Å². The van der Waals surface area contributed by atoms with Crippen LogP contribution < -0.4 is 0 Å². The normalized spacial score (nSPS) is 11.2. The Hall–Kier alpha value is -0.660. The van der Waals surface area contributed by atoms with Gasteiger partial charge in [-0.05, 0) is 0 Å². The molecule has 0 aliphatic rings. The Kier molecular flexibility index (Phi) is 2.76. The topological polar surface area (TPSA) is 40.9 Å². The molecule has 0 bridgehead atoms. The Morgan fingerprint density at radius 3 is 1.90 bits per heavy atom. The van der Waals surface area contributed by atoms with E-state index in [1.807, 2.05) is 20.8 Å². The van der Waals surface area contributed by atoms with Crippen molar-refractivity contribution in [2.75, 3.05) is 0 Å². The summed E-state index contributed by atoms with van der Waals surface area (Å²) in [7, 11) is 0. The second-order valence-corrected chi connectivity index (χ2v) is 3.40. The van der Waals surface area contributed by atoms with Crippen molar-refractivity contribution in [1.29, 1.82) is 5.41 Å². The number of hydrogen-bond donors (Lipinski definition) is 1. The lowest BCUT2D eigenvalue weighted by Crippen LogP contribution is -2.27. The minimum Gasteiger partial charge on any atom is -0.301 e. The molecule has 0 aliphatic carbocycles. The van der Waals surface area contributed by atoms with Crippen molar-refractivity contribution < 1.29 is 4.79 Å². The quantitative estimate of drug-likeness (QED) is 0.587. The molecule has 0 saturated heterocycles. The highest BCUT2D eigenvalue weighted by atomic mass is 16.1. The Balaban J connectivity index is 4.24. The van der Waals surface area contributed by atoms with Gasteiger partial charge in [0.25, 0.3) is 0 Å². The van der Waals surface area contributed by atoms with Gasteiger partial charge in [0, 0.05) is 11.8 Å². The Labute approximate surface area is 62.1 Å². The maximum Gasteiger partial charge on any atom is 0.176 e. The molecule has 2 heteroatoms. The van der Waals surface area contributed by atoms with E-state index in [0.29, 0.717) is 6.42 Å². The number of rotatable bonds is 2. The average molecular weight is 141 g/mol. The zero-order valence-electron chi connectivity index (χ0n) is 7.12. The average Bonchev–Trinajstić information content (AvgIpc) is 1.83. The number of nitrogens with one attached hydrogen (secondary N) is 1. The van der Waals surface area contributed by atoms with E-state index in [9.17, 15) is 4.79 Å². The third-order valence-corrected chi connectivity index (χ3v) is 1.35. The van der Waals surface area contributed by atoms with E-state index in [4.69, 9.17) is 5.41 Å². The molecule has 0 fully saturated rings. The Morgan fingerprint density at radius 1 is 1.40 bits per heavy atom. The van der Waals surface area contributed by atoms with Crippen molar-refractivity contribution in [2.45, 2.75) is 34.1 Å². The highest BCUT2D eigenvalue weighted by molar-refractivity contribution is 6.40. The summed E-state index contributed by atoms with van der Waals surface area (Å²) < 4.78 is 0. The van der Waals surface area contributed by atoms with Crippen LogP contribution in [0.25, 0.3) is 0 Å². The molecule has 2 nitrogen and oxygen atoms in total. The summed E-state index contributed by atoms with van der Waals surface area (Å²) in [6.07, 6.45) is 0.441. The molecule has 0 heterocycles. The SMILES string of the molecule is CCC(=O)C(=N)C(C)(C)C. The van der Waals surface area contributed by atoms with Gasteiger partial charge in [0.2, 0.25) is 0 Å². The molecular weight excluding hydrogens is 126 g/mol. The van der Waals surface area contributed by atoms with Gasteiger partial charge in [-0.2, -0.15) is 0 Å². The lowest BCUT2D eigenvalue weighted by atomic mass is 9.87. The first-order valence-electron chi connectivity index (χ1n) is 3.51. The van der Waals surface area contributed by atoms with Crippen molar-refractivity contribution in [2.24, 2.45) is 5.41 Å². The van der Waals surface area contributed by atoms with Crippen molar-refractivity contribution >= 4 is 11.5 Å². The van der Waals surface area contributed by atoms with E-state index in [-0.39, 0.29) is 16.9 Å². The third-order valence-electron chi connectivity index (χ3n) is 1.35. The maximum atomic E-state index is 10.9. The minimum atomic E-state index is -0.285. The van der Waals surface area contributed by atoms with Crippen LogP contribution in [0, 0.1) is 10.8 Å². The lowest BCUT2D eigenvalue weighted by molar-refractivity contribution is -0.113. The number of hydrogen-bond acceptors (Lipinski definition) is 2. The first kappa shape index (κ1) is 9.34. The highest BCUT2D eigenvalue weighted by Gasteiger charge is 2.21. The number of ketones is 1. The standard InChI is InChI=1S/C8H15NO/c1-5-6(10)7(9)8(2,3)4/h9H,5H2,1-4H3. The van der Waals surface area contributed by atoms with Crippen LogP contribution >= 0.6 is 0 Å². The summed E-state index contributed by atoms with van der Waals surface area (Å²) >= 11 is 0. The van der Waals surface area contributed by atoms with Crippen molar-refractivity contribution in [3.8, 4) is 0 Å². The summed E-state index contributed by atoms with van der Waals surface area (Å²) in [5.74, 6) is -0.0486. The summed E-state index contributed by atoms with van der Waals surface area (Å²) in [6.45, 7) is 7.41. The van der Waals surface area contributed by atoms with Gasteiger partial charge in [0.15, 0.2) is 5.78 Å². The summed E-state index contributed by atoms with van der Waals surface area (Å²) in [4.78, 5) is 10.9. The predicted molar refractivity (Wildman–Crippen MR) is 42.5 cm³/mol. The van der Waals surface area contributed by atoms with Gasteiger partial charge in [-0.1, -0.05) is 27.7 Å². The first-order valence-corrected chi connectivity index (χ1v) is 3.51. The molecule has 0 aromatic heterocycles. The van der Waals surface area contributed by atoms with Crippen LogP contribution in [-0.4, -0.2) is 11.5 Å². The van der Waals surface area contributed by atoms with Crippen LogP contribution in [0.2, 0.25) is 0 Å². The van der Waals surface area contributed by atoms with Crippen molar-refractivity contribution in [3.05, 3.63) is 0 Å². The largest absolute Gasteiger partial charge is 0.301 e. The second kappa shape index (κ2) is 2.95. The number of carbonyl (C=O) groups is 1. The molecule has 0 spiro atoms. The zero-order valence-corrected chi connectivity index (χ0v) is 7.12. The minimum absolute atomic E-state index is 0.0486. The van der Waals surface area contributed by atoms with Gasteiger partial charge in [-0.25, -0.2) is 0 Å². The molecule has 0 unspecified atom stereocenters. The van der Waals surface area contributed by atoms with Gasteiger partial charge >= 0.3 is 0 Å². The van der Waals surface area contributed by atoms with Crippen LogP contribution in [0.4, 0.5) is 0 Å². The fraction of sp³-hybridized carbons (Fsp3) is 0.750. The molecule has 0 saturated carbocycles. The molecule has 10 heavy (non-hydrogen) atoms. The van der Waals surface area contributed by atoms with E-state index in [1.165, 1.54) is 0 Å². The van der Waals surface area contributed by atoms with E-state index in [1.54, 1.807) is 6.92 Å². The third kappa shape index (κ3) is 2.29. The highest BCUT2D eigenvalue weighted by Crippen LogP contribution is 2.15. The Bertz CT molecular complexity index is 153. The van der Waals surface area contributed by atoms with Gasteiger partial charge in [0.05, 0.1) is 5.71 Å². The number of Topliss-reactive ketones (excluding diaryl/α,β-unsaturated/α-hetero) is 1. The van der Waals surface area contributed by atoms with E-state index in [0.717, 1.165) is 0 Å². The zero-order chi connectivity index (χ0) is 8.36. The fourth-order valence-electron chi connectivity index (χ4n) is 0.595. The molecule has 0 radical (unpaired) electrons. The van der Waals surface area contributed by atoms with Gasteiger partial charge < -0.3 is 5.41 Å². The smallest absolute Gasteiger partial charge is 0.176 e. The van der Waals surface area contributed by atoms with Crippen LogP contribution in [0.5, 0.6) is 0 Å². The maximum absolute atomic E-state index is 10.9. The monoisotopic (exact) mass is 141 g/mol. The van der Waals surface area contributed by atoms with Crippen LogP contribution in [0.3, 0.4) is 0 Å². The molecule has 1 N–H and O–H groups in total. The van der Waals surface area contributed by atoms with Crippen LogP contribution in [-0.2, 0) is 4.79 Å². The molecule has 0 rings (SSSR count). The Morgan fingerprint density at radius 2 is 1.80 bits per heavy atom. The first-order chi connectivity index (χ1) is 4.39. The van der Waals surface area contributed by atoms with E-state index in [2.05, 4.69) is 0 Å². The van der Waals surface area contributed by atoms with Gasteiger partial charge in [-0.15, -0.1) is 0 Å². The molecule has 0 aromatic carbocycles. The fourth-order valence-corrected chi connectivity index (χ4v) is 0.595. The van der Waals surface area contributed by atoms with Crippen molar-refractivity contribution in [3.63, 3.8) is 0 Å². The molecule has 0 amide bonds. The van der Waals surface area contributed by atoms with Crippen molar-refractivity contribution in [1.82, 2.24) is 0 Å². The van der Waals surface area contributed by atoms with E-state index < -0.39 is 0 Å². The van der Waals surface area contributed by atoms with E-state index >= 15 is 0 Å². The van der Waals surface area contributed by atoms with Gasteiger partial charge in [0.1, 0.15) is 0 Å². The van der Waals surface area contributed by atoms with Crippen LogP contribution in [0.15, 0.2) is 0 Å². The van der Waals surface area contributed by atoms with Gasteiger partial charge in [-0.3, -0.25) is 4.79 Å². The summed E-state index contributed by atoms with van der Waals surface area (Å²) in [5, 5.41) is 7.40. The molecule has 0 atom stereocenters. The summed E-state index contributed by atoms with van der Waals surface area (Å²) in [6, 6.07) is 0.